The Balaban J connectivity index is 2.62. The van der Waals surface area contributed by atoms with Crippen LogP contribution in [0, 0.1) is 0 Å². The van der Waals surface area contributed by atoms with Gasteiger partial charge in [0, 0.05) is 5.56 Å². The second kappa shape index (κ2) is 4.88. The van der Waals surface area contributed by atoms with Gasteiger partial charge in [0.1, 0.15) is 16.5 Å². The van der Waals surface area contributed by atoms with Crippen molar-refractivity contribution in [2.24, 2.45) is 0 Å². The fourth-order valence-electron chi connectivity index (χ4n) is 1.58. The van der Waals surface area contributed by atoms with Gasteiger partial charge in [-0.1, -0.05) is 29.3 Å². The van der Waals surface area contributed by atoms with E-state index in [1.165, 1.54) is 18.2 Å². The van der Waals surface area contributed by atoms with Gasteiger partial charge < -0.3 is 10.2 Å². The topological polar surface area (TPSA) is 57.5 Å². The van der Waals surface area contributed by atoms with E-state index in [1.807, 2.05) is 0 Å². The average Bonchev–Trinajstić information content (AvgIpc) is 2.37. The third-order valence-electron chi connectivity index (χ3n) is 2.53. The Labute approximate surface area is 113 Å². The molecule has 2 N–H and O–H groups in total. The second-order valence-electron chi connectivity index (χ2n) is 3.65. The number of aromatic hydroxyl groups is 2. The van der Waals surface area contributed by atoms with Gasteiger partial charge in [-0.25, -0.2) is 0 Å². The first kappa shape index (κ1) is 12.7. The lowest BCUT2D eigenvalue weighted by molar-refractivity contribution is 0.112. The maximum Gasteiger partial charge on any atom is 0.153 e. The quantitative estimate of drug-likeness (QED) is 0.822. The van der Waals surface area contributed by atoms with Crippen molar-refractivity contribution in [3.8, 4) is 22.6 Å². The molecule has 0 radical (unpaired) electrons. The van der Waals surface area contributed by atoms with Gasteiger partial charge >= 0.3 is 0 Å². The Bertz CT molecular complexity index is 624. The molecule has 2 aromatic rings. The SMILES string of the molecule is O=Cc1cc(-c2ccc(O)c(Cl)c2Cl)ccc1O. The summed E-state index contributed by atoms with van der Waals surface area (Å²) < 4.78 is 0. The van der Waals surface area contributed by atoms with Gasteiger partial charge in [-0.2, -0.15) is 0 Å². The van der Waals surface area contributed by atoms with Gasteiger partial charge in [-0.15, -0.1) is 0 Å². The third-order valence-corrected chi connectivity index (χ3v) is 3.40. The summed E-state index contributed by atoms with van der Waals surface area (Å²) in [6.07, 6.45) is 0.550. The minimum absolute atomic E-state index is 0.0508. The largest absolute Gasteiger partial charge is 0.507 e. The highest BCUT2D eigenvalue weighted by Crippen LogP contribution is 2.39. The second-order valence-corrected chi connectivity index (χ2v) is 4.41. The molecule has 0 spiro atoms. The van der Waals surface area contributed by atoms with Crippen molar-refractivity contribution in [1.82, 2.24) is 0 Å². The summed E-state index contributed by atoms with van der Waals surface area (Å²) in [6.45, 7) is 0. The van der Waals surface area contributed by atoms with Gasteiger partial charge in [-0.3, -0.25) is 4.79 Å². The molecule has 0 saturated heterocycles. The first-order chi connectivity index (χ1) is 8.54. The van der Waals surface area contributed by atoms with E-state index >= 15 is 0 Å². The highest BCUT2D eigenvalue weighted by atomic mass is 35.5. The standard InChI is InChI=1S/C13H8Cl2O3/c14-12-9(2-4-11(18)13(12)15)7-1-3-10(17)8(5-7)6-16/h1-6,17-18H. The van der Waals surface area contributed by atoms with Crippen LogP contribution in [0.5, 0.6) is 11.5 Å². The van der Waals surface area contributed by atoms with Crippen LogP contribution in [0.2, 0.25) is 10.0 Å². The lowest BCUT2D eigenvalue weighted by Gasteiger charge is -2.08. The fraction of sp³-hybridized carbons (Fsp3) is 0. The molecule has 0 amide bonds. The zero-order valence-electron chi connectivity index (χ0n) is 9.02. The molecular weight excluding hydrogens is 275 g/mol. The maximum absolute atomic E-state index is 10.8. The molecule has 0 heterocycles. The predicted molar refractivity (Wildman–Crippen MR) is 70.6 cm³/mol. The molecular formula is C13H8Cl2O3. The van der Waals surface area contributed by atoms with Crippen LogP contribution in [0.3, 0.4) is 0 Å². The van der Waals surface area contributed by atoms with E-state index in [1.54, 1.807) is 12.1 Å². The number of hydrogen-bond donors (Lipinski definition) is 2. The number of carbonyl (C=O) groups is 1. The molecule has 0 bridgehead atoms. The van der Waals surface area contributed by atoms with E-state index in [0.29, 0.717) is 17.4 Å². The Morgan fingerprint density at radius 3 is 2.28 bits per heavy atom. The van der Waals surface area contributed by atoms with Crippen LogP contribution in [0.15, 0.2) is 30.3 Å². The molecule has 2 rings (SSSR count). The zero-order chi connectivity index (χ0) is 13.3. The van der Waals surface area contributed by atoms with Gasteiger partial charge in [0.2, 0.25) is 0 Å². The minimum Gasteiger partial charge on any atom is -0.507 e. The molecule has 5 heteroatoms. The number of phenolic OH excluding ortho intramolecular Hbond substituents is 2. The molecule has 18 heavy (non-hydrogen) atoms. The molecule has 0 aromatic heterocycles. The van der Waals surface area contributed by atoms with Crippen LogP contribution in [0.4, 0.5) is 0 Å². The van der Waals surface area contributed by atoms with E-state index in [2.05, 4.69) is 0 Å². The van der Waals surface area contributed by atoms with Crippen molar-refractivity contribution in [3.63, 3.8) is 0 Å². The molecule has 0 atom stereocenters. The number of aldehydes is 1. The van der Waals surface area contributed by atoms with Crippen LogP contribution >= 0.6 is 23.2 Å². The molecule has 2 aromatic carbocycles. The number of carbonyl (C=O) groups excluding carboxylic acids is 1. The molecule has 0 aliphatic heterocycles. The lowest BCUT2D eigenvalue weighted by atomic mass is 10.0. The van der Waals surface area contributed by atoms with E-state index in [0.717, 1.165) is 0 Å². The van der Waals surface area contributed by atoms with Crippen LogP contribution in [-0.4, -0.2) is 16.5 Å². The molecule has 0 fully saturated rings. The molecule has 0 aliphatic carbocycles. The Morgan fingerprint density at radius 2 is 1.61 bits per heavy atom. The normalized spacial score (nSPS) is 10.3. The number of phenols is 2. The fourth-order valence-corrected chi connectivity index (χ4v) is 2.01. The highest BCUT2D eigenvalue weighted by molar-refractivity contribution is 6.44. The monoisotopic (exact) mass is 282 g/mol. The highest BCUT2D eigenvalue weighted by Gasteiger charge is 2.12. The van der Waals surface area contributed by atoms with Crippen LogP contribution in [-0.2, 0) is 0 Å². The summed E-state index contributed by atoms with van der Waals surface area (Å²) in [5.41, 5.74) is 1.36. The van der Waals surface area contributed by atoms with Crippen LogP contribution < -0.4 is 0 Å². The Kier molecular flexibility index (Phi) is 3.45. The van der Waals surface area contributed by atoms with Crippen molar-refractivity contribution >= 4 is 29.5 Å². The zero-order valence-corrected chi connectivity index (χ0v) is 10.5. The smallest absolute Gasteiger partial charge is 0.153 e. The van der Waals surface area contributed by atoms with Crippen molar-refractivity contribution in [3.05, 3.63) is 45.9 Å². The predicted octanol–water partition coefficient (Wildman–Crippen LogP) is 3.88. The van der Waals surface area contributed by atoms with Crippen molar-refractivity contribution in [2.45, 2.75) is 0 Å². The van der Waals surface area contributed by atoms with Crippen molar-refractivity contribution < 1.29 is 15.0 Å². The van der Waals surface area contributed by atoms with Crippen LogP contribution in [0.1, 0.15) is 10.4 Å². The number of halogens is 2. The van der Waals surface area contributed by atoms with Gasteiger partial charge in [-0.05, 0) is 29.8 Å². The summed E-state index contributed by atoms with van der Waals surface area (Å²) in [5.74, 6) is -0.213. The number of hydrogen-bond acceptors (Lipinski definition) is 3. The third kappa shape index (κ3) is 2.15. The molecule has 0 aliphatic rings. The van der Waals surface area contributed by atoms with Gasteiger partial charge in [0.15, 0.2) is 6.29 Å². The van der Waals surface area contributed by atoms with Gasteiger partial charge in [0.25, 0.3) is 0 Å². The van der Waals surface area contributed by atoms with E-state index in [-0.39, 0.29) is 27.1 Å². The Morgan fingerprint density at radius 1 is 0.944 bits per heavy atom. The van der Waals surface area contributed by atoms with Crippen LogP contribution in [0.25, 0.3) is 11.1 Å². The lowest BCUT2D eigenvalue weighted by Crippen LogP contribution is -1.86. The van der Waals surface area contributed by atoms with E-state index < -0.39 is 0 Å². The summed E-state index contributed by atoms with van der Waals surface area (Å²) in [4.78, 5) is 10.8. The van der Waals surface area contributed by atoms with Crippen molar-refractivity contribution in [2.75, 3.05) is 0 Å². The first-order valence-electron chi connectivity index (χ1n) is 5.00. The number of rotatable bonds is 2. The summed E-state index contributed by atoms with van der Waals surface area (Å²) in [7, 11) is 0. The minimum atomic E-state index is -0.111. The molecule has 0 saturated carbocycles. The van der Waals surface area contributed by atoms with E-state index in [4.69, 9.17) is 23.2 Å². The summed E-state index contributed by atoms with van der Waals surface area (Å²) in [6, 6.07) is 7.51. The maximum atomic E-state index is 10.8. The molecule has 3 nitrogen and oxygen atoms in total. The van der Waals surface area contributed by atoms with Gasteiger partial charge in [0.05, 0.1) is 10.6 Å². The average molecular weight is 283 g/mol. The number of benzene rings is 2. The Hall–Kier alpha value is -1.71. The van der Waals surface area contributed by atoms with Crippen molar-refractivity contribution in [1.29, 1.82) is 0 Å². The molecule has 92 valence electrons. The van der Waals surface area contributed by atoms with E-state index in [9.17, 15) is 15.0 Å². The first-order valence-corrected chi connectivity index (χ1v) is 5.75. The summed E-state index contributed by atoms with van der Waals surface area (Å²) >= 11 is 11.9. The molecule has 0 unspecified atom stereocenters. The summed E-state index contributed by atoms with van der Waals surface area (Å²) in [5, 5.41) is 19.1.